The zero-order valence-electron chi connectivity index (χ0n) is 14.6. The van der Waals surface area contributed by atoms with E-state index in [1.54, 1.807) is 18.2 Å². The van der Waals surface area contributed by atoms with Crippen LogP contribution in [0.1, 0.15) is 11.1 Å². The van der Waals surface area contributed by atoms with Crippen molar-refractivity contribution in [2.75, 3.05) is 14.2 Å². The number of carbonyl (C=O) groups excluding carboxylic acids is 1. The number of phenolic OH excluding ortho intramolecular Hbond substituents is 1. The Labute approximate surface area is 154 Å². The highest BCUT2D eigenvalue weighted by atomic mass is 16.6. The van der Waals surface area contributed by atoms with E-state index in [2.05, 4.69) is 10.5 Å². The average Bonchev–Trinajstić information content (AvgIpc) is 2.66. The molecule has 0 spiro atoms. The lowest BCUT2D eigenvalue weighted by Gasteiger charge is -2.08. The van der Waals surface area contributed by atoms with Gasteiger partial charge >= 0.3 is 5.69 Å². The topological polar surface area (TPSA) is 123 Å². The summed E-state index contributed by atoms with van der Waals surface area (Å²) in [4.78, 5) is 22.4. The number of amides is 1. The smallest absolute Gasteiger partial charge is 0.315 e. The molecule has 0 aromatic heterocycles. The van der Waals surface area contributed by atoms with Gasteiger partial charge in [0.2, 0.25) is 5.75 Å². The van der Waals surface area contributed by atoms with Gasteiger partial charge in [0.05, 0.1) is 25.4 Å². The van der Waals surface area contributed by atoms with Crippen molar-refractivity contribution in [1.29, 1.82) is 0 Å². The first-order chi connectivity index (χ1) is 13.0. The SMILES string of the molecule is COc1cc(/C=C/C(=O)N/N=C/c2ccccc2O)cc([N+](=O)[O-])c1OC. The molecule has 0 atom stereocenters. The quantitative estimate of drug-likeness (QED) is 0.334. The van der Waals surface area contributed by atoms with E-state index < -0.39 is 10.8 Å². The van der Waals surface area contributed by atoms with E-state index in [1.807, 2.05) is 0 Å². The van der Waals surface area contributed by atoms with Crippen LogP contribution in [0.15, 0.2) is 47.6 Å². The molecule has 2 aromatic carbocycles. The van der Waals surface area contributed by atoms with Crippen LogP contribution in [0.3, 0.4) is 0 Å². The van der Waals surface area contributed by atoms with Crippen LogP contribution < -0.4 is 14.9 Å². The van der Waals surface area contributed by atoms with Crippen molar-refractivity contribution >= 4 is 23.9 Å². The first kappa shape index (κ1) is 19.4. The molecule has 2 aromatic rings. The van der Waals surface area contributed by atoms with Gasteiger partial charge in [0.25, 0.3) is 5.91 Å². The highest BCUT2D eigenvalue weighted by Gasteiger charge is 2.20. The van der Waals surface area contributed by atoms with Crippen LogP contribution in [0.5, 0.6) is 17.2 Å². The summed E-state index contributed by atoms with van der Waals surface area (Å²) in [6, 6.07) is 9.26. The number of nitro groups is 1. The number of hydrogen-bond donors (Lipinski definition) is 2. The highest BCUT2D eigenvalue weighted by molar-refractivity contribution is 5.93. The molecule has 0 heterocycles. The Hall–Kier alpha value is -3.88. The van der Waals surface area contributed by atoms with Gasteiger partial charge in [-0.2, -0.15) is 5.10 Å². The summed E-state index contributed by atoms with van der Waals surface area (Å²) in [7, 11) is 2.66. The molecule has 0 aliphatic heterocycles. The number of hydrazone groups is 1. The van der Waals surface area contributed by atoms with E-state index in [9.17, 15) is 20.0 Å². The molecule has 27 heavy (non-hydrogen) atoms. The standard InChI is InChI=1S/C18H17N3O6/c1-26-16-10-12(9-14(21(24)25)18(16)27-2)7-8-17(23)20-19-11-13-5-3-4-6-15(13)22/h3-11,22H,1-2H3,(H,20,23)/b8-7+,19-11+. The van der Waals surface area contributed by atoms with Gasteiger partial charge in [-0.25, -0.2) is 5.43 Å². The van der Waals surface area contributed by atoms with Crippen LogP contribution >= 0.6 is 0 Å². The van der Waals surface area contributed by atoms with Crippen LogP contribution in [0.4, 0.5) is 5.69 Å². The van der Waals surface area contributed by atoms with Gasteiger partial charge in [0.1, 0.15) is 5.75 Å². The van der Waals surface area contributed by atoms with Gasteiger partial charge in [-0.3, -0.25) is 14.9 Å². The highest BCUT2D eigenvalue weighted by Crippen LogP contribution is 2.38. The number of para-hydroxylation sites is 1. The van der Waals surface area contributed by atoms with Crippen LogP contribution in [-0.4, -0.2) is 36.4 Å². The monoisotopic (exact) mass is 371 g/mol. The average molecular weight is 371 g/mol. The summed E-state index contributed by atoms with van der Waals surface area (Å²) in [5.74, 6) is -0.358. The Kier molecular flexibility index (Phi) is 6.48. The first-order valence-electron chi connectivity index (χ1n) is 7.65. The van der Waals surface area contributed by atoms with Crippen molar-refractivity contribution < 1.29 is 24.3 Å². The summed E-state index contributed by atoms with van der Waals surface area (Å²) in [6.07, 6.45) is 3.83. The van der Waals surface area contributed by atoms with Crippen molar-refractivity contribution in [3.05, 3.63) is 63.7 Å². The van der Waals surface area contributed by atoms with Gasteiger partial charge in [-0.15, -0.1) is 0 Å². The number of phenols is 1. The second-order valence-corrected chi connectivity index (χ2v) is 5.16. The van der Waals surface area contributed by atoms with Crippen LogP contribution in [-0.2, 0) is 4.79 Å². The molecule has 0 fully saturated rings. The first-order valence-corrected chi connectivity index (χ1v) is 7.65. The van der Waals surface area contributed by atoms with Gasteiger partial charge < -0.3 is 14.6 Å². The zero-order chi connectivity index (χ0) is 19.8. The van der Waals surface area contributed by atoms with E-state index in [-0.39, 0.29) is 22.9 Å². The molecular weight excluding hydrogens is 354 g/mol. The number of aromatic hydroxyl groups is 1. The largest absolute Gasteiger partial charge is 0.507 e. The normalized spacial score (nSPS) is 10.9. The zero-order valence-corrected chi connectivity index (χ0v) is 14.6. The summed E-state index contributed by atoms with van der Waals surface area (Å²) < 4.78 is 10.1. The molecule has 0 saturated heterocycles. The molecule has 2 N–H and O–H groups in total. The molecule has 0 aliphatic carbocycles. The maximum atomic E-state index is 11.8. The van der Waals surface area contributed by atoms with Crippen molar-refractivity contribution in [2.24, 2.45) is 5.10 Å². The Morgan fingerprint density at radius 2 is 2.00 bits per heavy atom. The molecule has 0 radical (unpaired) electrons. The predicted molar refractivity (Wildman–Crippen MR) is 99.1 cm³/mol. The minimum absolute atomic E-state index is 0.00336. The van der Waals surface area contributed by atoms with E-state index in [0.29, 0.717) is 11.1 Å². The molecule has 1 amide bonds. The van der Waals surface area contributed by atoms with E-state index in [4.69, 9.17) is 9.47 Å². The minimum Gasteiger partial charge on any atom is -0.507 e. The molecule has 0 bridgehead atoms. The van der Waals surface area contributed by atoms with Crippen LogP contribution in [0.2, 0.25) is 0 Å². The van der Waals surface area contributed by atoms with Gasteiger partial charge in [-0.05, 0) is 29.8 Å². The summed E-state index contributed by atoms with van der Waals surface area (Å²) >= 11 is 0. The maximum Gasteiger partial charge on any atom is 0.315 e. The second kappa shape index (κ2) is 8.99. The fraction of sp³-hybridized carbons (Fsp3) is 0.111. The molecule has 140 valence electrons. The molecule has 9 nitrogen and oxygen atoms in total. The van der Waals surface area contributed by atoms with E-state index in [1.165, 1.54) is 44.7 Å². The van der Waals surface area contributed by atoms with Gasteiger partial charge in [-0.1, -0.05) is 12.1 Å². The van der Waals surface area contributed by atoms with Gasteiger partial charge in [0.15, 0.2) is 5.75 Å². The van der Waals surface area contributed by atoms with Crippen molar-refractivity contribution in [3.8, 4) is 17.2 Å². The Bertz CT molecular complexity index is 908. The summed E-state index contributed by atoms with van der Waals surface area (Å²) in [6.45, 7) is 0. The molecular formula is C18H17N3O6. The number of nitrogens with zero attached hydrogens (tertiary/aromatic N) is 2. The number of benzene rings is 2. The predicted octanol–water partition coefficient (Wildman–Crippen LogP) is 2.48. The summed E-state index contributed by atoms with van der Waals surface area (Å²) in [5, 5.41) is 24.5. The second-order valence-electron chi connectivity index (χ2n) is 5.16. The number of nitro benzene ring substituents is 1. The molecule has 9 heteroatoms. The number of ether oxygens (including phenoxy) is 2. The third kappa shape index (κ3) is 5.05. The lowest BCUT2D eigenvalue weighted by molar-refractivity contribution is -0.385. The molecule has 0 aliphatic rings. The summed E-state index contributed by atoms with van der Waals surface area (Å²) in [5.41, 5.74) is 2.79. The van der Waals surface area contributed by atoms with Crippen molar-refractivity contribution in [2.45, 2.75) is 0 Å². The lowest BCUT2D eigenvalue weighted by atomic mass is 10.1. The van der Waals surface area contributed by atoms with E-state index >= 15 is 0 Å². The van der Waals surface area contributed by atoms with Crippen molar-refractivity contribution in [3.63, 3.8) is 0 Å². The molecule has 0 saturated carbocycles. The number of nitrogens with one attached hydrogen (secondary N) is 1. The Morgan fingerprint density at radius 3 is 2.63 bits per heavy atom. The van der Waals surface area contributed by atoms with Crippen LogP contribution in [0.25, 0.3) is 6.08 Å². The molecule has 0 unspecified atom stereocenters. The Balaban J connectivity index is 2.12. The number of methoxy groups -OCH3 is 2. The number of hydrogen-bond acceptors (Lipinski definition) is 7. The minimum atomic E-state index is -0.602. The van der Waals surface area contributed by atoms with Gasteiger partial charge in [0, 0.05) is 17.7 Å². The fourth-order valence-corrected chi connectivity index (χ4v) is 2.17. The fourth-order valence-electron chi connectivity index (χ4n) is 2.17. The lowest BCUT2D eigenvalue weighted by Crippen LogP contribution is -2.14. The van der Waals surface area contributed by atoms with Crippen molar-refractivity contribution in [1.82, 2.24) is 5.43 Å². The third-order valence-corrected chi connectivity index (χ3v) is 3.42. The number of carbonyl (C=O) groups is 1. The maximum absolute atomic E-state index is 11.8. The van der Waals surface area contributed by atoms with Crippen LogP contribution in [0, 0.1) is 10.1 Å². The van der Waals surface area contributed by atoms with E-state index in [0.717, 1.165) is 6.08 Å². The third-order valence-electron chi connectivity index (χ3n) is 3.42. The molecule has 2 rings (SSSR count). The number of rotatable bonds is 7. The Morgan fingerprint density at radius 1 is 1.26 bits per heavy atom.